The van der Waals surface area contributed by atoms with Crippen LogP contribution in [-0.2, 0) is 25.6 Å². The van der Waals surface area contributed by atoms with Gasteiger partial charge in [0.05, 0.1) is 6.04 Å². The molecule has 14 nitrogen and oxygen atoms in total. The number of amides is 3. The van der Waals surface area contributed by atoms with Crippen LogP contribution in [0, 0.1) is 0 Å². The van der Waals surface area contributed by atoms with Crippen LogP contribution < -0.4 is 38.9 Å². The predicted octanol–water partition coefficient (Wildman–Crippen LogP) is -2.09. The largest absolute Gasteiger partial charge is 0.508 e. The number of nitrogens with one attached hydrogen (secondary N) is 3. The molecule has 3 amide bonds. The fraction of sp³-hybridized carbons (Fsp3) is 0.542. The first-order valence-corrected chi connectivity index (χ1v) is 13.1. The number of rotatable bonds is 18. The molecule has 1 aromatic rings. The Balaban J connectivity index is 3.07. The second-order valence-electron chi connectivity index (χ2n) is 8.91. The van der Waals surface area contributed by atoms with Crippen molar-refractivity contribution in [3.05, 3.63) is 29.8 Å². The summed E-state index contributed by atoms with van der Waals surface area (Å²) in [5, 5.41) is 26.8. The molecular formula is C24H40N8O6S. The summed E-state index contributed by atoms with van der Waals surface area (Å²) in [6, 6.07) is 1.48. The van der Waals surface area contributed by atoms with E-state index in [4.69, 9.17) is 22.9 Å². The Bertz CT molecular complexity index is 974. The van der Waals surface area contributed by atoms with Crippen molar-refractivity contribution in [2.45, 2.75) is 62.7 Å². The quantitative estimate of drug-likeness (QED) is 0.0399. The fourth-order valence-electron chi connectivity index (χ4n) is 3.51. The van der Waals surface area contributed by atoms with Gasteiger partial charge in [-0.15, -0.1) is 0 Å². The van der Waals surface area contributed by atoms with Gasteiger partial charge in [-0.25, -0.2) is 4.79 Å². The van der Waals surface area contributed by atoms with Gasteiger partial charge in [0.25, 0.3) is 0 Å². The monoisotopic (exact) mass is 568 g/mol. The Morgan fingerprint density at radius 3 is 1.92 bits per heavy atom. The molecule has 4 unspecified atom stereocenters. The molecule has 4 atom stereocenters. The molecule has 39 heavy (non-hydrogen) atoms. The molecule has 0 radical (unpaired) electrons. The van der Waals surface area contributed by atoms with Gasteiger partial charge >= 0.3 is 5.97 Å². The van der Waals surface area contributed by atoms with Gasteiger partial charge < -0.3 is 49.1 Å². The molecule has 0 aliphatic rings. The van der Waals surface area contributed by atoms with Crippen molar-refractivity contribution in [3.63, 3.8) is 0 Å². The highest BCUT2D eigenvalue weighted by Gasteiger charge is 2.30. The number of hydrogen-bond acceptors (Lipinski definition) is 9. The first-order valence-electron chi connectivity index (χ1n) is 12.5. The van der Waals surface area contributed by atoms with Crippen molar-refractivity contribution in [1.82, 2.24) is 16.0 Å². The first-order chi connectivity index (χ1) is 18.5. The summed E-state index contributed by atoms with van der Waals surface area (Å²) < 4.78 is 0. The van der Waals surface area contributed by atoms with Crippen molar-refractivity contribution in [2.24, 2.45) is 27.9 Å². The summed E-state index contributed by atoms with van der Waals surface area (Å²) in [4.78, 5) is 54.4. The number of nitrogens with zero attached hydrogens (tertiary/aromatic N) is 1. The van der Waals surface area contributed by atoms with Crippen LogP contribution in [0.3, 0.4) is 0 Å². The lowest BCUT2D eigenvalue weighted by Gasteiger charge is -2.25. The van der Waals surface area contributed by atoms with Crippen LogP contribution in [0.15, 0.2) is 29.3 Å². The van der Waals surface area contributed by atoms with Crippen molar-refractivity contribution in [3.8, 4) is 5.75 Å². The highest BCUT2D eigenvalue weighted by molar-refractivity contribution is 7.80. The number of phenolic OH excluding ortho intramolecular Hbond substituents is 1. The third kappa shape index (κ3) is 13.2. The maximum Gasteiger partial charge on any atom is 0.326 e. The van der Waals surface area contributed by atoms with E-state index in [1.165, 1.54) is 24.3 Å². The number of aromatic hydroxyl groups is 1. The highest BCUT2D eigenvalue weighted by atomic mass is 32.1. The average Bonchev–Trinajstić information content (AvgIpc) is 2.89. The third-order valence-electron chi connectivity index (χ3n) is 5.68. The van der Waals surface area contributed by atoms with Gasteiger partial charge in [0.2, 0.25) is 17.7 Å². The predicted molar refractivity (Wildman–Crippen MR) is 150 cm³/mol. The molecule has 0 spiro atoms. The summed E-state index contributed by atoms with van der Waals surface area (Å²) >= 11 is 4.00. The van der Waals surface area contributed by atoms with Gasteiger partial charge in [0.1, 0.15) is 23.9 Å². The molecule has 1 rings (SSSR count). The summed E-state index contributed by atoms with van der Waals surface area (Å²) in [5.41, 5.74) is 22.5. The van der Waals surface area contributed by atoms with E-state index in [2.05, 4.69) is 33.6 Å². The number of carboxylic acid groups (broad SMARTS) is 1. The average molecular weight is 569 g/mol. The molecule has 0 saturated carbocycles. The number of thiol groups is 1. The molecule has 13 N–H and O–H groups in total. The zero-order valence-electron chi connectivity index (χ0n) is 21.7. The molecule has 0 bridgehead atoms. The molecule has 218 valence electrons. The van der Waals surface area contributed by atoms with Crippen LogP contribution >= 0.6 is 12.6 Å². The molecule has 0 aliphatic carbocycles. The minimum atomic E-state index is -1.31. The number of guanidine groups is 1. The van der Waals surface area contributed by atoms with Crippen molar-refractivity contribution in [2.75, 3.05) is 18.8 Å². The van der Waals surface area contributed by atoms with Crippen molar-refractivity contribution in [1.29, 1.82) is 0 Å². The standard InChI is InChI=1S/C24H40N8O6S/c25-10-2-1-4-17(30-20(34)16(26)13-39)21(35)31-18(5-3-11-29-24(27)28)22(36)32-19(23(37)38)12-14-6-8-15(33)9-7-14/h6-9,16-19,33,39H,1-5,10-13,25-26H2,(H,30,34)(H,31,35)(H,32,36)(H,37,38)(H4,27,28,29). The van der Waals surface area contributed by atoms with Crippen molar-refractivity contribution >= 4 is 42.3 Å². The Labute approximate surface area is 232 Å². The summed E-state index contributed by atoms with van der Waals surface area (Å²) in [5.74, 6) is -3.29. The zero-order valence-corrected chi connectivity index (χ0v) is 22.6. The molecule has 0 saturated heterocycles. The number of phenols is 1. The van der Waals surface area contributed by atoms with E-state index < -0.39 is 47.9 Å². The molecule has 0 aliphatic heterocycles. The molecule has 0 fully saturated rings. The number of carbonyl (C=O) groups excluding carboxylic acids is 3. The molecule has 1 aromatic carbocycles. The SMILES string of the molecule is NCCCCC(NC(=O)C(N)CS)C(=O)NC(CCCN=C(N)N)C(=O)NC(Cc1ccc(O)cc1)C(=O)O. The lowest BCUT2D eigenvalue weighted by molar-refractivity contribution is -0.142. The van der Waals surface area contributed by atoms with E-state index in [0.29, 0.717) is 31.4 Å². The van der Waals surface area contributed by atoms with Gasteiger partial charge in [-0.3, -0.25) is 19.4 Å². The van der Waals surface area contributed by atoms with Gasteiger partial charge in [0.15, 0.2) is 5.96 Å². The normalized spacial score (nSPS) is 13.8. The number of aliphatic carboxylic acids is 1. The summed E-state index contributed by atoms with van der Waals surface area (Å²) in [6.45, 7) is 0.567. The van der Waals surface area contributed by atoms with Gasteiger partial charge in [0, 0.05) is 18.7 Å². The smallest absolute Gasteiger partial charge is 0.326 e. The van der Waals surface area contributed by atoms with Gasteiger partial charge in [-0.2, -0.15) is 12.6 Å². The van der Waals surface area contributed by atoms with E-state index >= 15 is 0 Å². The van der Waals surface area contributed by atoms with Crippen molar-refractivity contribution < 1.29 is 29.4 Å². The minimum Gasteiger partial charge on any atom is -0.508 e. The summed E-state index contributed by atoms with van der Waals surface area (Å²) in [6.07, 6.45) is 1.70. The van der Waals surface area contributed by atoms with Crippen LogP contribution in [0.25, 0.3) is 0 Å². The van der Waals surface area contributed by atoms with Crippen LogP contribution in [0.5, 0.6) is 5.75 Å². The van der Waals surface area contributed by atoms with Crippen LogP contribution in [-0.4, -0.2) is 82.9 Å². The lowest BCUT2D eigenvalue weighted by Crippen LogP contribution is -2.57. The van der Waals surface area contributed by atoms with E-state index in [9.17, 15) is 29.4 Å². The number of hydrogen-bond donors (Lipinski definition) is 10. The maximum absolute atomic E-state index is 13.2. The molecule has 15 heteroatoms. The molecule has 0 aromatic heterocycles. The third-order valence-corrected chi connectivity index (χ3v) is 6.08. The van der Waals surface area contributed by atoms with E-state index in [1.807, 2.05) is 0 Å². The van der Waals surface area contributed by atoms with Crippen LogP contribution in [0.4, 0.5) is 0 Å². The zero-order chi connectivity index (χ0) is 29.4. The van der Waals surface area contributed by atoms with E-state index in [0.717, 1.165) is 0 Å². The van der Waals surface area contributed by atoms with E-state index in [1.54, 1.807) is 0 Å². The molecule has 0 heterocycles. The van der Waals surface area contributed by atoms with Gasteiger partial charge in [-0.05, 0) is 56.3 Å². The number of aliphatic imine (C=N–C) groups is 1. The second kappa shape index (κ2) is 17.9. The second-order valence-corrected chi connectivity index (χ2v) is 9.28. The Kier molecular flexibility index (Phi) is 15.3. The fourth-order valence-corrected chi connectivity index (χ4v) is 3.67. The first kappa shape index (κ1) is 33.5. The molecular weight excluding hydrogens is 528 g/mol. The lowest BCUT2D eigenvalue weighted by atomic mass is 10.0. The number of carbonyl (C=O) groups is 4. The summed E-state index contributed by atoms with van der Waals surface area (Å²) in [7, 11) is 0. The number of nitrogens with two attached hydrogens (primary N) is 4. The highest BCUT2D eigenvalue weighted by Crippen LogP contribution is 2.12. The topological polar surface area (TPSA) is 261 Å². The van der Waals surface area contributed by atoms with Crippen LogP contribution in [0.1, 0.15) is 37.7 Å². The maximum atomic E-state index is 13.2. The Morgan fingerprint density at radius 2 is 1.41 bits per heavy atom. The minimum absolute atomic E-state index is 0.0154. The Morgan fingerprint density at radius 1 is 0.872 bits per heavy atom. The van der Waals surface area contributed by atoms with Gasteiger partial charge in [-0.1, -0.05) is 12.1 Å². The van der Waals surface area contributed by atoms with Crippen LogP contribution in [0.2, 0.25) is 0 Å². The number of unbranched alkanes of at least 4 members (excludes halogenated alkanes) is 1. The Hall–Kier alpha value is -3.56. The number of carboxylic acids is 1. The number of benzene rings is 1. The van der Waals surface area contributed by atoms with E-state index in [-0.39, 0.29) is 43.3 Å².